The Kier molecular flexibility index (Phi) is 5.33. The number of hydrogen-bond acceptors (Lipinski definition) is 2. The van der Waals surface area contributed by atoms with Gasteiger partial charge in [0, 0.05) is 24.7 Å². The van der Waals surface area contributed by atoms with Crippen LogP contribution in [0.2, 0.25) is 0 Å². The number of benzene rings is 2. The van der Waals surface area contributed by atoms with Crippen LogP contribution in [0.5, 0.6) is 0 Å². The molecule has 1 fully saturated rings. The third kappa shape index (κ3) is 4.59. The van der Waals surface area contributed by atoms with Gasteiger partial charge < -0.3 is 16.0 Å². The molecule has 130 valence electrons. The lowest BCUT2D eigenvalue weighted by Gasteiger charge is -2.19. The molecule has 0 unspecified atom stereocenters. The van der Waals surface area contributed by atoms with Crippen LogP contribution in [0.15, 0.2) is 65.7 Å². The zero-order valence-electron chi connectivity index (χ0n) is 14.5. The van der Waals surface area contributed by atoms with Gasteiger partial charge in [-0.3, -0.25) is 9.79 Å². The molecule has 3 rings (SSSR count). The first kappa shape index (κ1) is 17.0. The van der Waals surface area contributed by atoms with Crippen LogP contribution in [0.3, 0.4) is 0 Å². The molecule has 5 nitrogen and oxygen atoms in total. The van der Waals surface area contributed by atoms with E-state index < -0.39 is 0 Å². The molecule has 1 amide bonds. The van der Waals surface area contributed by atoms with E-state index in [0.717, 1.165) is 12.2 Å². The summed E-state index contributed by atoms with van der Waals surface area (Å²) in [4.78, 5) is 16.2. The number of carbonyl (C=O) groups excluding carboxylic acids is 1. The molecule has 0 aromatic heterocycles. The van der Waals surface area contributed by atoms with E-state index in [1.165, 1.54) is 18.4 Å². The average Bonchev–Trinajstić information content (AvgIpc) is 3.45. The fraction of sp³-hybridized carbons (Fsp3) is 0.300. The number of carbonyl (C=O) groups is 1. The number of rotatable bonds is 6. The summed E-state index contributed by atoms with van der Waals surface area (Å²) in [5.74, 6) is 0.545. The molecule has 0 saturated heterocycles. The van der Waals surface area contributed by atoms with Gasteiger partial charge in [-0.05, 0) is 30.5 Å². The van der Waals surface area contributed by atoms with Gasteiger partial charge in [-0.15, -0.1) is 0 Å². The van der Waals surface area contributed by atoms with Crippen molar-refractivity contribution >= 4 is 17.6 Å². The summed E-state index contributed by atoms with van der Waals surface area (Å²) >= 11 is 0. The normalized spacial score (nSPS) is 15.3. The van der Waals surface area contributed by atoms with Gasteiger partial charge in [0.1, 0.15) is 0 Å². The minimum atomic E-state index is -0.0988. The first-order valence-corrected chi connectivity index (χ1v) is 8.57. The molecule has 1 saturated carbocycles. The van der Waals surface area contributed by atoms with Crippen molar-refractivity contribution in [2.45, 2.75) is 18.3 Å². The fourth-order valence-corrected chi connectivity index (χ4v) is 2.87. The van der Waals surface area contributed by atoms with Crippen molar-refractivity contribution < 1.29 is 4.79 Å². The number of nitrogens with one attached hydrogen (secondary N) is 3. The molecule has 1 aliphatic rings. The quantitative estimate of drug-likeness (QED) is 0.561. The van der Waals surface area contributed by atoms with Gasteiger partial charge in [-0.1, -0.05) is 48.5 Å². The molecular weight excluding hydrogens is 312 g/mol. The van der Waals surface area contributed by atoms with Crippen LogP contribution in [0, 0.1) is 0 Å². The van der Waals surface area contributed by atoms with Crippen molar-refractivity contribution in [2.24, 2.45) is 4.99 Å². The smallest absolute Gasteiger partial charge is 0.243 e. The summed E-state index contributed by atoms with van der Waals surface area (Å²) in [6, 6.07) is 20.0. The summed E-state index contributed by atoms with van der Waals surface area (Å²) < 4.78 is 0. The van der Waals surface area contributed by atoms with Crippen LogP contribution in [0.1, 0.15) is 18.4 Å². The van der Waals surface area contributed by atoms with E-state index >= 15 is 0 Å². The largest absolute Gasteiger partial charge is 0.356 e. The van der Waals surface area contributed by atoms with Crippen LogP contribution >= 0.6 is 0 Å². The average molecular weight is 336 g/mol. The van der Waals surface area contributed by atoms with Gasteiger partial charge in [0.2, 0.25) is 5.91 Å². The predicted octanol–water partition coefficient (Wildman–Crippen LogP) is 2.52. The first-order chi connectivity index (χ1) is 12.2. The summed E-state index contributed by atoms with van der Waals surface area (Å²) in [6.45, 7) is 0.990. The van der Waals surface area contributed by atoms with Crippen LogP contribution in [-0.4, -0.2) is 32.0 Å². The van der Waals surface area contributed by atoms with Gasteiger partial charge >= 0.3 is 0 Å². The first-order valence-electron chi connectivity index (χ1n) is 8.57. The van der Waals surface area contributed by atoms with Gasteiger partial charge in [0.05, 0.1) is 6.54 Å². The highest BCUT2D eigenvalue weighted by Crippen LogP contribution is 2.47. The molecule has 0 aliphatic heterocycles. The zero-order valence-corrected chi connectivity index (χ0v) is 14.5. The lowest BCUT2D eigenvalue weighted by molar-refractivity contribution is -0.115. The molecule has 0 atom stereocenters. The number of amides is 1. The summed E-state index contributed by atoms with van der Waals surface area (Å²) in [7, 11) is 1.71. The Hall–Kier alpha value is -2.82. The fourth-order valence-electron chi connectivity index (χ4n) is 2.87. The molecule has 0 heterocycles. The third-order valence-electron chi connectivity index (χ3n) is 4.53. The van der Waals surface area contributed by atoms with Crippen molar-refractivity contribution in [3.8, 4) is 0 Å². The lowest BCUT2D eigenvalue weighted by Crippen LogP contribution is -2.44. The van der Waals surface area contributed by atoms with E-state index in [0.29, 0.717) is 5.96 Å². The molecule has 0 bridgehead atoms. The molecule has 1 aliphatic carbocycles. The van der Waals surface area contributed by atoms with E-state index in [1.807, 2.05) is 36.4 Å². The third-order valence-corrected chi connectivity index (χ3v) is 4.53. The Morgan fingerprint density at radius 3 is 2.24 bits per heavy atom. The van der Waals surface area contributed by atoms with Crippen molar-refractivity contribution in [2.75, 3.05) is 25.5 Å². The Labute approximate surface area is 148 Å². The van der Waals surface area contributed by atoms with E-state index in [4.69, 9.17) is 0 Å². The molecule has 2 aromatic rings. The summed E-state index contributed by atoms with van der Waals surface area (Å²) in [5, 5.41) is 9.26. The van der Waals surface area contributed by atoms with Crippen LogP contribution in [0.4, 0.5) is 5.69 Å². The van der Waals surface area contributed by atoms with Crippen molar-refractivity contribution in [1.29, 1.82) is 0 Å². The van der Waals surface area contributed by atoms with Crippen molar-refractivity contribution in [3.63, 3.8) is 0 Å². The SMILES string of the molecule is CN=C(NCC(=O)Nc1ccccc1)NCC1(c2ccccc2)CC1. The lowest BCUT2D eigenvalue weighted by atomic mass is 9.96. The maximum atomic E-state index is 12.0. The highest BCUT2D eigenvalue weighted by atomic mass is 16.1. The second-order valence-corrected chi connectivity index (χ2v) is 6.34. The Balaban J connectivity index is 1.46. The molecule has 2 aromatic carbocycles. The minimum Gasteiger partial charge on any atom is -0.356 e. The number of guanidine groups is 1. The van der Waals surface area contributed by atoms with Gasteiger partial charge in [-0.2, -0.15) is 0 Å². The highest BCUT2D eigenvalue weighted by Gasteiger charge is 2.43. The predicted molar refractivity (Wildman–Crippen MR) is 102 cm³/mol. The summed E-state index contributed by atoms with van der Waals surface area (Å²) in [6.07, 6.45) is 2.35. The van der Waals surface area contributed by atoms with E-state index in [-0.39, 0.29) is 17.9 Å². The number of nitrogens with zero attached hydrogens (tertiary/aromatic N) is 1. The standard InChI is InChI=1S/C20H24N4O/c1-21-19(22-14-18(25)24-17-10-6-3-7-11-17)23-15-20(12-13-20)16-8-4-2-5-9-16/h2-11H,12-15H2,1H3,(H,24,25)(H2,21,22,23). The molecule has 25 heavy (non-hydrogen) atoms. The Morgan fingerprint density at radius 2 is 1.64 bits per heavy atom. The van der Waals surface area contributed by atoms with E-state index in [1.54, 1.807) is 7.05 Å². The number of aliphatic imine (C=N–C) groups is 1. The van der Waals surface area contributed by atoms with Gasteiger partial charge in [0.15, 0.2) is 5.96 Å². The highest BCUT2D eigenvalue weighted by molar-refractivity contribution is 5.94. The van der Waals surface area contributed by atoms with Gasteiger partial charge in [0.25, 0.3) is 0 Å². The van der Waals surface area contributed by atoms with Crippen LogP contribution < -0.4 is 16.0 Å². The zero-order chi connectivity index (χ0) is 17.5. The second kappa shape index (κ2) is 7.83. The topological polar surface area (TPSA) is 65.5 Å². The molecular formula is C20H24N4O. The number of para-hydroxylation sites is 1. The summed E-state index contributed by atoms with van der Waals surface area (Å²) in [5.41, 5.74) is 2.35. The van der Waals surface area contributed by atoms with Gasteiger partial charge in [-0.25, -0.2) is 0 Å². The monoisotopic (exact) mass is 336 g/mol. The van der Waals surface area contributed by atoms with Crippen molar-refractivity contribution in [1.82, 2.24) is 10.6 Å². The maximum Gasteiger partial charge on any atom is 0.243 e. The molecule has 3 N–H and O–H groups in total. The van der Waals surface area contributed by atoms with Crippen LogP contribution in [0.25, 0.3) is 0 Å². The second-order valence-electron chi connectivity index (χ2n) is 6.34. The molecule has 5 heteroatoms. The number of anilines is 1. The minimum absolute atomic E-state index is 0.0988. The van der Waals surface area contributed by atoms with E-state index in [2.05, 4.69) is 45.2 Å². The Bertz CT molecular complexity index is 724. The molecule has 0 radical (unpaired) electrons. The molecule has 0 spiro atoms. The van der Waals surface area contributed by atoms with Crippen LogP contribution in [-0.2, 0) is 10.2 Å². The Morgan fingerprint density at radius 1 is 1.00 bits per heavy atom. The van der Waals surface area contributed by atoms with E-state index in [9.17, 15) is 4.79 Å². The number of hydrogen-bond donors (Lipinski definition) is 3. The maximum absolute atomic E-state index is 12.0. The van der Waals surface area contributed by atoms with Crippen molar-refractivity contribution in [3.05, 3.63) is 66.2 Å².